The number of benzene rings is 1. The van der Waals surface area contributed by atoms with Crippen molar-refractivity contribution in [2.24, 2.45) is 0 Å². The molecule has 0 aliphatic heterocycles. The maximum atomic E-state index is 12.1. The van der Waals surface area contributed by atoms with Crippen LogP contribution < -0.4 is 5.32 Å². The number of anilines is 1. The molecular formula is C16H14N2O2. The van der Waals surface area contributed by atoms with E-state index in [1.807, 2.05) is 6.92 Å². The van der Waals surface area contributed by atoms with Crippen LogP contribution in [0.4, 0.5) is 5.69 Å². The molecule has 4 nitrogen and oxygen atoms in total. The van der Waals surface area contributed by atoms with Crippen LogP contribution in [0.1, 0.15) is 21.6 Å². The molecule has 1 aromatic heterocycles. The minimum atomic E-state index is -0.192. The second-order valence-corrected chi connectivity index (χ2v) is 4.13. The van der Waals surface area contributed by atoms with Gasteiger partial charge in [-0.15, -0.1) is 0 Å². The lowest BCUT2D eigenvalue weighted by Crippen LogP contribution is -2.13. The van der Waals surface area contributed by atoms with Gasteiger partial charge in [0.15, 0.2) is 0 Å². The minimum Gasteiger partial charge on any atom is -0.384 e. The first kappa shape index (κ1) is 13.8. The average Bonchev–Trinajstić information content (AvgIpc) is 2.48. The molecule has 0 aliphatic rings. The van der Waals surface area contributed by atoms with Crippen molar-refractivity contribution in [3.8, 4) is 11.8 Å². The predicted molar refractivity (Wildman–Crippen MR) is 77.3 cm³/mol. The molecule has 0 aliphatic carbocycles. The van der Waals surface area contributed by atoms with E-state index in [9.17, 15) is 4.79 Å². The molecule has 1 aromatic carbocycles. The van der Waals surface area contributed by atoms with Crippen molar-refractivity contribution in [1.82, 2.24) is 4.98 Å². The Kier molecular flexibility index (Phi) is 4.48. The molecule has 1 heterocycles. The van der Waals surface area contributed by atoms with E-state index in [1.165, 1.54) is 0 Å². The first-order valence-electron chi connectivity index (χ1n) is 6.13. The molecule has 0 unspecified atom stereocenters. The van der Waals surface area contributed by atoms with Crippen LogP contribution in [0.5, 0.6) is 0 Å². The van der Waals surface area contributed by atoms with Crippen LogP contribution in [0.15, 0.2) is 42.6 Å². The molecule has 4 heteroatoms. The number of aliphatic hydroxyl groups is 1. The minimum absolute atomic E-state index is 0.178. The Balaban J connectivity index is 2.12. The number of pyridine rings is 1. The lowest BCUT2D eigenvalue weighted by molar-refractivity contribution is 0.102. The van der Waals surface area contributed by atoms with Crippen molar-refractivity contribution in [3.63, 3.8) is 0 Å². The molecule has 0 bridgehead atoms. The van der Waals surface area contributed by atoms with Crippen molar-refractivity contribution in [2.75, 3.05) is 11.9 Å². The number of hydrogen-bond acceptors (Lipinski definition) is 3. The number of hydrogen-bond donors (Lipinski definition) is 2. The van der Waals surface area contributed by atoms with Gasteiger partial charge in [-0.05, 0) is 43.3 Å². The summed E-state index contributed by atoms with van der Waals surface area (Å²) in [7, 11) is 0. The molecule has 2 N–H and O–H groups in total. The van der Waals surface area contributed by atoms with E-state index in [-0.39, 0.29) is 12.5 Å². The topological polar surface area (TPSA) is 62.2 Å². The number of aromatic nitrogens is 1. The Morgan fingerprint density at radius 1 is 1.30 bits per heavy atom. The normalized spacial score (nSPS) is 9.50. The van der Waals surface area contributed by atoms with Crippen LogP contribution in [-0.2, 0) is 0 Å². The fourth-order valence-corrected chi connectivity index (χ4v) is 1.66. The molecule has 0 saturated carbocycles. The second kappa shape index (κ2) is 6.50. The molecule has 2 rings (SSSR count). The number of carbonyl (C=O) groups is 1. The molecule has 1 amide bonds. The first-order valence-corrected chi connectivity index (χ1v) is 6.13. The number of aryl methyl sites for hydroxylation is 1. The van der Waals surface area contributed by atoms with E-state index in [2.05, 4.69) is 22.1 Å². The molecule has 20 heavy (non-hydrogen) atoms. The van der Waals surface area contributed by atoms with Crippen molar-refractivity contribution in [1.29, 1.82) is 0 Å². The third-order valence-electron chi connectivity index (χ3n) is 2.71. The Labute approximate surface area is 117 Å². The highest BCUT2D eigenvalue weighted by atomic mass is 16.2. The van der Waals surface area contributed by atoms with Gasteiger partial charge in [0.05, 0.1) is 11.4 Å². The Morgan fingerprint density at radius 2 is 2.05 bits per heavy atom. The lowest BCUT2D eigenvalue weighted by atomic mass is 10.1. The van der Waals surface area contributed by atoms with E-state index in [0.29, 0.717) is 11.3 Å². The second-order valence-electron chi connectivity index (χ2n) is 4.13. The number of amides is 1. The third-order valence-corrected chi connectivity index (χ3v) is 2.71. The van der Waals surface area contributed by atoms with Crippen LogP contribution in [-0.4, -0.2) is 22.6 Å². The number of carbonyl (C=O) groups excluding carboxylic acids is 1. The number of aliphatic hydroxyl groups excluding tert-OH is 1. The maximum Gasteiger partial charge on any atom is 0.255 e. The summed E-state index contributed by atoms with van der Waals surface area (Å²) in [5.74, 6) is 5.14. The Bertz CT molecular complexity index is 667. The van der Waals surface area contributed by atoms with E-state index in [1.54, 1.807) is 42.6 Å². The van der Waals surface area contributed by atoms with Crippen LogP contribution in [0.25, 0.3) is 0 Å². The summed E-state index contributed by atoms with van der Waals surface area (Å²) in [4.78, 5) is 16.2. The van der Waals surface area contributed by atoms with Gasteiger partial charge < -0.3 is 10.4 Å². The summed E-state index contributed by atoms with van der Waals surface area (Å²) in [5.41, 5.74) is 2.77. The lowest BCUT2D eigenvalue weighted by Gasteiger charge is -2.07. The molecule has 0 spiro atoms. The highest BCUT2D eigenvalue weighted by molar-refractivity contribution is 6.04. The van der Waals surface area contributed by atoms with Crippen molar-refractivity contribution < 1.29 is 9.90 Å². The van der Waals surface area contributed by atoms with Crippen LogP contribution in [0.3, 0.4) is 0 Å². The van der Waals surface area contributed by atoms with Gasteiger partial charge in [-0.3, -0.25) is 9.78 Å². The highest BCUT2D eigenvalue weighted by Crippen LogP contribution is 2.12. The summed E-state index contributed by atoms with van der Waals surface area (Å²) in [6, 6.07) is 10.5. The first-order chi connectivity index (χ1) is 9.70. The van der Waals surface area contributed by atoms with Gasteiger partial charge >= 0.3 is 0 Å². The van der Waals surface area contributed by atoms with Gasteiger partial charge in [0.1, 0.15) is 6.61 Å². The van der Waals surface area contributed by atoms with Gasteiger partial charge in [-0.25, -0.2) is 0 Å². The summed E-state index contributed by atoms with van der Waals surface area (Å²) < 4.78 is 0. The van der Waals surface area contributed by atoms with Gasteiger partial charge in [-0.1, -0.05) is 11.8 Å². The number of nitrogens with one attached hydrogen (secondary N) is 1. The van der Waals surface area contributed by atoms with E-state index < -0.39 is 0 Å². The summed E-state index contributed by atoms with van der Waals surface area (Å²) in [6.07, 6.45) is 1.68. The van der Waals surface area contributed by atoms with Crippen LogP contribution in [0, 0.1) is 18.8 Å². The highest BCUT2D eigenvalue weighted by Gasteiger charge is 2.07. The van der Waals surface area contributed by atoms with Crippen LogP contribution in [0.2, 0.25) is 0 Å². The monoisotopic (exact) mass is 266 g/mol. The fourth-order valence-electron chi connectivity index (χ4n) is 1.66. The quantitative estimate of drug-likeness (QED) is 0.817. The summed E-state index contributed by atoms with van der Waals surface area (Å²) >= 11 is 0. The number of nitrogens with zero attached hydrogens (tertiary/aromatic N) is 1. The molecule has 2 aromatic rings. The van der Waals surface area contributed by atoms with Gasteiger partial charge in [-0.2, -0.15) is 0 Å². The van der Waals surface area contributed by atoms with Crippen molar-refractivity contribution in [3.05, 3.63) is 59.4 Å². The maximum absolute atomic E-state index is 12.1. The smallest absolute Gasteiger partial charge is 0.255 e. The van der Waals surface area contributed by atoms with Crippen LogP contribution >= 0.6 is 0 Å². The molecule has 0 saturated heterocycles. The zero-order valence-electron chi connectivity index (χ0n) is 11.1. The molecular weight excluding hydrogens is 252 g/mol. The average molecular weight is 266 g/mol. The molecule has 100 valence electrons. The van der Waals surface area contributed by atoms with Gasteiger partial charge in [0, 0.05) is 17.3 Å². The standard InChI is InChI=1S/C16H14N2O2/c1-12-15(5-2-10-17-12)18-16(20)14-8-6-13(7-9-14)4-3-11-19/h2,5-10,19H,11H2,1H3,(H,18,20). The zero-order chi connectivity index (χ0) is 14.4. The number of rotatable bonds is 2. The van der Waals surface area contributed by atoms with Gasteiger partial charge in [0.2, 0.25) is 0 Å². The van der Waals surface area contributed by atoms with E-state index in [4.69, 9.17) is 5.11 Å². The SMILES string of the molecule is Cc1ncccc1NC(=O)c1ccc(C#CCO)cc1. The molecule has 0 fully saturated rings. The molecule has 0 atom stereocenters. The largest absolute Gasteiger partial charge is 0.384 e. The van der Waals surface area contributed by atoms with Gasteiger partial charge in [0.25, 0.3) is 5.91 Å². The fraction of sp³-hybridized carbons (Fsp3) is 0.125. The Hall–Kier alpha value is -2.64. The van der Waals surface area contributed by atoms with E-state index >= 15 is 0 Å². The summed E-state index contributed by atoms with van der Waals surface area (Å²) in [6.45, 7) is 1.66. The zero-order valence-corrected chi connectivity index (χ0v) is 11.1. The van der Waals surface area contributed by atoms with E-state index in [0.717, 1.165) is 11.3 Å². The molecule has 0 radical (unpaired) electrons. The van der Waals surface area contributed by atoms with Crippen molar-refractivity contribution >= 4 is 11.6 Å². The Morgan fingerprint density at radius 3 is 2.70 bits per heavy atom. The predicted octanol–water partition coefficient (Wildman–Crippen LogP) is 1.99. The summed E-state index contributed by atoms with van der Waals surface area (Å²) in [5, 5.41) is 11.4. The third kappa shape index (κ3) is 3.44. The van der Waals surface area contributed by atoms with Crippen molar-refractivity contribution in [2.45, 2.75) is 6.92 Å².